The van der Waals surface area contributed by atoms with Crippen LogP contribution in [0, 0.1) is 54.3 Å². The van der Waals surface area contributed by atoms with Crippen molar-refractivity contribution in [1.29, 1.82) is 0 Å². The number of esters is 1. The van der Waals surface area contributed by atoms with Crippen molar-refractivity contribution in [2.45, 2.75) is 149 Å². The molecule has 140 heavy (non-hydrogen) atoms. The number of hydrogen-bond donors (Lipinski definition) is 3. The zero-order valence-corrected chi connectivity index (χ0v) is 85.1. The summed E-state index contributed by atoms with van der Waals surface area (Å²) in [6, 6.07) is 57.2. The predicted molar refractivity (Wildman–Crippen MR) is 536 cm³/mol. The molecule has 2 amide bonds. The number of carboxylic acids is 1. The number of nitrogens with one attached hydrogen (secondary N) is 2. The molecule has 0 aliphatic rings. The van der Waals surface area contributed by atoms with Crippen LogP contribution in [0.5, 0.6) is 0 Å². The maximum atomic E-state index is 14.2. The first-order chi connectivity index (χ1) is 65.8. The van der Waals surface area contributed by atoms with E-state index in [0.29, 0.717) is 67.9 Å². The summed E-state index contributed by atoms with van der Waals surface area (Å²) in [7, 11) is -12.3. The first kappa shape index (κ1) is 109. The minimum absolute atomic E-state index is 0.00990. The lowest BCUT2D eigenvalue weighted by molar-refractivity contribution is -0.140. The number of carbonyl (C=O) groups is 4. The number of pyridine rings is 6. The average molecular weight is 2090 g/mol. The molecule has 0 unspecified atom stereocenters. The second-order valence-corrected chi connectivity index (χ2v) is 40.0. The van der Waals surface area contributed by atoms with Gasteiger partial charge in [-0.2, -0.15) is 13.2 Å². The summed E-state index contributed by atoms with van der Waals surface area (Å²) in [6.07, 6.45) is 4.06. The highest BCUT2D eigenvalue weighted by Gasteiger charge is 2.40. The smallest absolute Gasteiger partial charge is 0.430 e. The number of halogens is 10. The second kappa shape index (κ2) is 46.1. The third kappa shape index (κ3) is 27.4. The van der Waals surface area contributed by atoms with Gasteiger partial charge in [-0.3, -0.25) is 36.4 Å². The summed E-state index contributed by atoms with van der Waals surface area (Å²) in [4.78, 5) is 71.9. The maximum absolute atomic E-state index is 14.2. The van der Waals surface area contributed by atoms with E-state index in [1.54, 1.807) is 164 Å². The number of benzene rings is 5. The van der Waals surface area contributed by atoms with Gasteiger partial charge >= 0.3 is 30.3 Å². The Balaban J connectivity index is 0.000000173. The van der Waals surface area contributed by atoms with Crippen molar-refractivity contribution in [3.63, 3.8) is 0 Å². The summed E-state index contributed by atoms with van der Waals surface area (Å²) in [5.74, 6) is -3.05. The van der Waals surface area contributed by atoms with E-state index >= 15 is 0 Å². The van der Waals surface area contributed by atoms with E-state index < -0.39 is 89.5 Å². The number of aromatic carboxylic acids is 1. The molecule has 17 rings (SSSR count). The fourth-order valence-electron chi connectivity index (χ4n) is 12.7. The molecule has 0 radical (unpaired) electrons. The van der Waals surface area contributed by atoms with Gasteiger partial charge in [-0.1, -0.05) is 216 Å². The van der Waals surface area contributed by atoms with Crippen LogP contribution in [0.25, 0.3) is 33.9 Å². The lowest BCUT2D eigenvalue weighted by atomic mass is 10.1. The van der Waals surface area contributed by atoms with Gasteiger partial charge in [0.2, 0.25) is 0 Å². The lowest BCUT2D eigenvalue weighted by Gasteiger charge is -2.25. The van der Waals surface area contributed by atoms with Gasteiger partial charge in [-0.05, 0) is 221 Å². The van der Waals surface area contributed by atoms with Crippen LogP contribution in [-0.2, 0) is 57.0 Å². The minimum Gasteiger partial charge on any atom is -0.476 e. The van der Waals surface area contributed by atoms with Gasteiger partial charge < -0.3 is 19.3 Å². The number of rotatable bonds is 15. The molecule has 0 saturated heterocycles. The highest BCUT2D eigenvalue weighted by Crippen LogP contribution is 2.38. The van der Waals surface area contributed by atoms with E-state index in [1.807, 2.05) is 128 Å². The summed E-state index contributed by atoms with van der Waals surface area (Å²) in [6.45, 7) is 29.4. The second-order valence-electron chi connectivity index (χ2n) is 32.5. The predicted octanol–water partition coefficient (Wildman–Crippen LogP) is 24.5. The van der Waals surface area contributed by atoms with Crippen LogP contribution in [-0.4, -0.2) is 129 Å². The number of imidazole rings is 6. The number of carboxylic acid groups (broad SMARTS) is 1. The van der Waals surface area contributed by atoms with Gasteiger partial charge in [0, 0.05) is 37.2 Å². The van der Waals surface area contributed by atoms with E-state index in [2.05, 4.69) is 59.0 Å². The quantitative estimate of drug-likeness (QED) is 0.0487. The number of ether oxygens (including phenoxy) is 3. The molecule has 12 aromatic heterocycles. The van der Waals surface area contributed by atoms with E-state index in [-0.39, 0.29) is 74.9 Å². The van der Waals surface area contributed by atoms with Crippen LogP contribution in [0.15, 0.2) is 264 Å². The molecule has 12 heterocycles. The average Bonchev–Trinajstić information content (AvgIpc) is 1.57. The molecule has 5 aromatic carbocycles. The number of hydrogen-bond acceptors (Lipinski definition) is 19. The van der Waals surface area contributed by atoms with E-state index in [9.17, 15) is 62.0 Å². The molecule has 17 aromatic rings. The summed E-state index contributed by atoms with van der Waals surface area (Å²) < 4.78 is 160. The summed E-state index contributed by atoms with van der Waals surface area (Å²) in [5.41, 5.74) is 7.47. The zero-order chi connectivity index (χ0) is 103. The largest absolute Gasteiger partial charge is 0.476 e. The number of carbonyl (C=O) groups excluding carboxylic acids is 3. The number of aryl methyl sites for hydroxylation is 7. The molecule has 0 aliphatic carbocycles. The standard InChI is InChI=1S/C22H16ClF4N3O2S.C19H20ClN3O4S.C14H12ClN3O2S.C13H16ClN3O2.C11H11ClN2O2.C9H7ClN2O2.C7H8.C2H6/c1-14-7-10-19-28-21(20(23)29(19)12-14)30(33(31,32)16-5-3-2-4-6-16)13-15-8-9-17(18(24)11-15)22(25,26)27;1-13-10-11-15-21-17(16(20)22(15)12-13)23(18(24)27-19(2,3)4)28(25,26)14-8-6-5-7-9-14;1-10-7-8-12-16-14(13(15)18(12)9-10)17-21(19,20)11-5-3-2-4-6-11;1-8-5-6-9-15-11(10(14)17(9)7-8)16-12(18)19-13(2,3)4;1-3-16-11(15)9-10(12)14-6-7(2)4-5-8(14)13-9;1-5-2-3-6-11-7(9(13)14)8(10)12(6)4-5;1-7-5-3-2-4-6-7;1-2/h2-12H,13H2,1H3;5-12H,1-4H3;2-9,17H,1H3;5-7H,1-4H3,(H,16,18);4-6H,3H2,1-2H3;2-4H,1H3,(H,13,14);2-6H,1H3;1-2H3. The molecule has 0 spiro atoms. The normalized spacial score (nSPS) is 11.4. The molecular weight excluding hydrogens is 2000 g/mol. The van der Waals surface area contributed by atoms with Gasteiger partial charge in [-0.25, -0.2) is 83.0 Å². The monoisotopic (exact) mass is 2090 g/mol. The Labute approximate surface area is 834 Å². The van der Waals surface area contributed by atoms with E-state index in [0.717, 1.165) is 43.8 Å². The Morgan fingerprint density at radius 2 is 0.764 bits per heavy atom. The Morgan fingerprint density at radius 3 is 1.16 bits per heavy atom. The Hall–Kier alpha value is -13.4. The van der Waals surface area contributed by atoms with Crippen molar-refractivity contribution in [1.82, 2.24) is 56.3 Å². The van der Waals surface area contributed by atoms with Crippen LogP contribution in [0.2, 0.25) is 30.9 Å². The van der Waals surface area contributed by atoms with Crippen LogP contribution >= 0.6 is 69.6 Å². The number of amides is 2. The molecule has 0 bridgehead atoms. The number of nitrogens with zero attached hydrogens (tertiary/aromatic N) is 14. The highest BCUT2D eigenvalue weighted by molar-refractivity contribution is 7.93. The summed E-state index contributed by atoms with van der Waals surface area (Å²) in [5, 5.41) is 12.3. The maximum Gasteiger partial charge on any atom is 0.430 e. The van der Waals surface area contributed by atoms with Gasteiger partial charge in [-0.15, -0.1) is 4.31 Å². The fraction of sp³-hybridized carbons (Fsp3) is 0.216. The Kier molecular flexibility index (Phi) is 35.8. The van der Waals surface area contributed by atoms with Gasteiger partial charge in [0.25, 0.3) is 30.1 Å². The van der Waals surface area contributed by atoms with Crippen molar-refractivity contribution in [2.75, 3.05) is 25.3 Å². The van der Waals surface area contributed by atoms with Crippen LogP contribution < -0.4 is 18.6 Å². The van der Waals surface area contributed by atoms with Crippen molar-refractivity contribution < 1.29 is 81.3 Å². The number of anilines is 4. The number of fused-ring (bicyclic) bond motifs is 6. The molecule has 43 heteroatoms. The van der Waals surface area contributed by atoms with E-state index in [1.165, 1.54) is 62.9 Å². The van der Waals surface area contributed by atoms with Crippen molar-refractivity contribution in [2.24, 2.45) is 0 Å². The third-order valence-electron chi connectivity index (χ3n) is 19.0. The van der Waals surface area contributed by atoms with Gasteiger partial charge in [0.15, 0.2) is 55.3 Å². The molecule has 0 saturated carbocycles. The lowest BCUT2D eigenvalue weighted by Crippen LogP contribution is -2.41. The minimum atomic E-state index is -4.87. The molecular formula is C97H96Cl6F4N16O14S3. The molecule has 30 nitrogen and oxygen atoms in total. The zero-order valence-electron chi connectivity index (χ0n) is 78.1. The van der Waals surface area contributed by atoms with Gasteiger partial charge in [0.1, 0.15) is 61.2 Å². The third-order valence-corrected chi connectivity index (χ3v) is 25.9. The number of sulfonamides is 3. The first-order valence-electron chi connectivity index (χ1n) is 42.5. The van der Waals surface area contributed by atoms with Crippen molar-refractivity contribution >= 4 is 181 Å². The first-order valence-corrected chi connectivity index (χ1v) is 49.1. The highest BCUT2D eigenvalue weighted by atomic mass is 35.5. The van der Waals surface area contributed by atoms with Crippen molar-refractivity contribution in [3.05, 3.63) is 348 Å². The molecule has 0 aliphatic heterocycles. The molecule has 3 N–H and O–H groups in total. The van der Waals surface area contributed by atoms with Crippen LogP contribution in [0.3, 0.4) is 0 Å². The molecule has 0 atom stereocenters. The summed E-state index contributed by atoms with van der Waals surface area (Å²) >= 11 is 37.2. The van der Waals surface area contributed by atoms with Gasteiger partial charge in [0.05, 0.1) is 33.4 Å². The van der Waals surface area contributed by atoms with Crippen LogP contribution in [0.1, 0.15) is 133 Å². The number of alkyl halides is 3. The number of aromatic nitrogens is 12. The Morgan fingerprint density at radius 1 is 0.414 bits per heavy atom. The molecule has 736 valence electrons. The van der Waals surface area contributed by atoms with Crippen molar-refractivity contribution in [3.8, 4) is 0 Å². The van der Waals surface area contributed by atoms with E-state index in [4.69, 9.17) is 88.9 Å². The van der Waals surface area contributed by atoms with Crippen LogP contribution in [0.4, 0.5) is 50.4 Å². The SMILES string of the molecule is CC.CCOC(=O)c1nc2ccc(C)cn2c1Cl.Cc1ccc2nc(C(=O)O)c(Cl)n2c1.Cc1ccc2nc(N(C(=O)OC(C)(C)C)S(=O)(=O)c3ccccc3)c(Cl)n2c1.Cc1ccc2nc(N(Cc3ccc(C(F)(F)F)c(F)c3)S(=O)(=O)c3ccccc3)c(Cl)n2c1.Cc1ccc2nc(NC(=O)OC(C)(C)C)c(Cl)n2c1.Cc1ccc2nc(NS(=O)(=O)c3ccccc3)c(Cl)n2c1.Cc1ccccc1. The molecule has 0 fully saturated rings. The fourth-order valence-corrected chi connectivity index (χ4v) is 18.1. The topological polar surface area (TPSA) is 353 Å². The Bertz CT molecular complexity index is 7720.